The summed E-state index contributed by atoms with van der Waals surface area (Å²) in [6.07, 6.45) is 5.96. The average Bonchev–Trinajstić information content (AvgIpc) is 2.27. The first kappa shape index (κ1) is 17.9. The highest BCUT2D eigenvalue weighted by atomic mass is 16.4. The van der Waals surface area contributed by atoms with Crippen LogP contribution in [-0.4, -0.2) is 22.5 Å². The van der Waals surface area contributed by atoms with Crippen LogP contribution in [0, 0.1) is 5.41 Å². The minimum Gasteiger partial charge on any atom is -0.481 e. The van der Waals surface area contributed by atoms with E-state index in [9.17, 15) is 14.7 Å². The summed E-state index contributed by atoms with van der Waals surface area (Å²) < 4.78 is 0. The number of carboxylic acid groups (broad SMARTS) is 1. The van der Waals surface area contributed by atoms with Gasteiger partial charge in [0.25, 0.3) is 0 Å². The van der Waals surface area contributed by atoms with Gasteiger partial charge in [0.2, 0.25) is 5.91 Å². The van der Waals surface area contributed by atoms with Gasteiger partial charge >= 0.3 is 5.97 Å². The molecule has 0 spiro atoms. The van der Waals surface area contributed by atoms with Gasteiger partial charge in [-0.3, -0.25) is 9.59 Å². The zero-order valence-corrected chi connectivity index (χ0v) is 13.0. The maximum atomic E-state index is 11.9. The van der Waals surface area contributed by atoms with Gasteiger partial charge in [0.05, 0.1) is 5.41 Å². The van der Waals surface area contributed by atoms with Crippen LogP contribution in [0.1, 0.15) is 73.1 Å². The molecule has 0 saturated carbocycles. The van der Waals surface area contributed by atoms with Crippen LogP contribution >= 0.6 is 0 Å². The molecule has 0 aromatic rings. The molecule has 0 aliphatic heterocycles. The van der Waals surface area contributed by atoms with Gasteiger partial charge in [-0.2, -0.15) is 0 Å². The van der Waals surface area contributed by atoms with Gasteiger partial charge in [-0.1, -0.05) is 32.6 Å². The number of nitrogens with one attached hydrogen (secondary N) is 1. The summed E-state index contributed by atoms with van der Waals surface area (Å²) in [5, 5.41) is 12.1. The highest BCUT2D eigenvalue weighted by Gasteiger charge is 2.44. The second-order valence-electron chi connectivity index (χ2n) is 6.27. The van der Waals surface area contributed by atoms with Gasteiger partial charge < -0.3 is 10.4 Å². The molecule has 0 atom stereocenters. The van der Waals surface area contributed by atoms with Crippen LogP contribution in [0.3, 0.4) is 0 Å². The summed E-state index contributed by atoms with van der Waals surface area (Å²) in [7, 11) is 0. The lowest BCUT2D eigenvalue weighted by Gasteiger charge is -2.38. The SMILES string of the molecule is CCCCCCCC(=O)NC(C)(C)C(C)(C)C(=O)O. The normalized spacial score (nSPS) is 12.3. The van der Waals surface area contributed by atoms with E-state index in [0.29, 0.717) is 6.42 Å². The number of carbonyl (C=O) groups is 2. The van der Waals surface area contributed by atoms with Crippen LogP contribution in [-0.2, 0) is 9.59 Å². The summed E-state index contributed by atoms with van der Waals surface area (Å²) in [4.78, 5) is 23.1. The molecule has 4 nitrogen and oxygen atoms in total. The maximum absolute atomic E-state index is 11.9. The predicted molar refractivity (Wildman–Crippen MR) is 77.0 cm³/mol. The summed E-state index contributed by atoms with van der Waals surface area (Å²) in [5.41, 5.74) is -1.76. The maximum Gasteiger partial charge on any atom is 0.311 e. The molecular formula is C15H29NO3. The number of hydrogen-bond acceptors (Lipinski definition) is 2. The molecule has 0 heterocycles. The lowest BCUT2D eigenvalue weighted by atomic mass is 9.74. The van der Waals surface area contributed by atoms with Crippen molar-refractivity contribution in [1.82, 2.24) is 5.32 Å². The van der Waals surface area contributed by atoms with E-state index in [1.165, 1.54) is 12.8 Å². The molecule has 0 aromatic carbocycles. The van der Waals surface area contributed by atoms with Crippen LogP contribution < -0.4 is 5.32 Å². The topological polar surface area (TPSA) is 66.4 Å². The van der Waals surface area contributed by atoms with Gasteiger partial charge in [-0.25, -0.2) is 0 Å². The Morgan fingerprint density at radius 3 is 2.00 bits per heavy atom. The Kier molecular flexibility index (Phi) is 7.09. The van der Waals surface area contributed by atoms with E-state index < -0.39 is 16.9 Å². The third-order valence-electron chi connectivity index (χ3n) is 4.06. The zero-order chi connectivity index (χ0) is 15.1. The summed E-state index contributed by atoms with van der Waals surface area (Å²) in [6.45, 7) is 8.95. The van der Waals surface area contributed by atoms with Gasteiger partial charge in [0.15, 0.2) is 0 Å². The molecule has 0 bridgehead atoms. The number of unbranched alkanes of at least 4 members (excludes halogenated alkanes) is 4. The molecular weight excluding hydrogens is 242 g/mol. The Bertz CT molecular complexity index is 309. The van der Waals surface area contributed by atoms with Crippen molar-refractivity contribution in [3.05, 3.63) is 0 Å². The average molecular weight is 271 g/mol. The van der Waals surface area contributed by atoms with E-state index >= 15 is 0 Å². The smallest absolute Gasteiger partial charge is 0.311 e. The number of amides is 1. The summed E-state index contributed by atoms with van der Waals surface area (Å²) >= 11 is 0. The van der Waals surface area contributed by atoms with E-state index in [4.69, 9.17) is 0 Å². The van der Waals surface area contributed by atoms with Crippen molar-refractivity contribution in [2.45, 2.75) is 78.7 Å². The Hall–Kier alpha value is -1.06. The standard InChI is InChI=1S/C15H29NO3/c1-6-7-8-9-10-11-12(17)16-15(4,5)14(2,3)13(18)19/h6-11H2,1-5H3,(H,16,17)(H,18,19). The molecule has 0 rings (SSSR count). The molecule has 0 aliphatic carbocycles. The van der Waals surface area contributed by atoms with Gasteiger partial charge in [0, 0.05) is 12.0 Å². The molecule has 0 saturated heterocycles. The predicted octanol–water partition coefficient (Wildman–Crippen LogP) is 3.35. The van der Waals surface area contributed by atoms with Crippen molar-refractivity contribution < 1.29 is 14.7 Å². The van der Waals surface area contributed by atoms with Gasteiger partial charge in [-0.15, -0.1) is 0 Å². The van der Waals surface area contributed by atoms with Gasteiger partial charge in [-0.05, 0) is 34.1 Å². The van der Waals surface area contributed by atoms with Crippen molar-refractivity contribution in [2.24, 2.45) is 5.41 Å². The Morgan fingerprint density at radius 2 is 1.53 bits per heavy atom. The summed E-state index contributed by atoms with van der Waals surface area (Å²) in [5.74, 6) is -0.962. The second kappa shape index (κ2) is 7.51. The molecule has 112 valence electrons. The van der Waals surface area contributed by atoms with Gasteiger partial charge in [0.1, 0.15) is 0 Å². The molecule has 0 fully saturated rings. The first-order valence-corrected chi connectivity index (χ1v) is 7.19. The van der Waals surface area contributed by atoms with Crippen LogP contribution in [0.15, 0.2) is 0 Å². The van der Waals surface area contributed by atoms with E-state index in [2.05, 4.69) is 12.2 Å². The zero-order valence-electron chi connectivity index (χ0n) is 13.0. The number of carboxylic acids is 1. The van der Waals surface area contributed by atoms with Crippen molar-refractivity contribution in [2.75, 3.05) is 0 Å². The van der Waals surface area contributed by atoms with E-state index in [-0.39, 0.29) is 5.91 Å². The van der Waals surface area contributed by atoms with Crippen LogP contribution in [0.4, 0.5) is 0 Å². The minimum atomic E-state index is -0.995. The molecule has 0 aromatic heterocycles. The molecule has 2 N–H and O–H groups in total. The minimum absolute atomic E-state index is 0.0594. The van der Waals surface area contributed by atoms with Crippen LogP contribution in [0.25, 0.3) is 0 Å². The highest BCUT2D eigenvalue weighted by molar-refractivity contribution is 5.80. The fourth-order valence-corrected chi connectivity index (χ4v) is 1.72. The lowest BCUT2D eigenvalue weighted by molar-refractivity contribution is -0.151. The van der Waals surface area contributed by atoms with Crippen molar-refractivity contribution in [3.8, 4) is 0 Å². The fraction of sp³-hybridized carbons (Fsp3) is 0.867. The molecule has 0 radical (unpaired) electrons. The fourth-order valence-electron chi connectivity index (χ4n) is 1.72. The van der Waals surface area contributed by atoms with E-state index in [1.54, 1.807) is 27.7 Å². The third-order valence-corrected chi connectivity index (χ3v) is 4.06. The van der Waals surface area contributed by atoms with Crippen LogP contribution in [0.5, 0.6) is 0 Å². The molecule has 1 amide bonds. The first-order chi connectivity index (χ1) is 8.65. The number of hydrogen-bond donors (Lipinski definition) is 2. The van der Waals surface area contributed by atoms with E-state index in [1.807, 2.05) is 0 Å². The highest BCUT2D eigenvalue weighted by Crippen LogP contribution is 2.30. The second-order valence-corrected chi connectivity index (χ2v) is 6.27. The van der Waals surface area contributed by atoms with Crippen molar-refractivity contribution in [3.63, 3.8) is 0 Å². The lowest BCUT2D eigenvalue weighted by Crippen LogP contribution is -2.56. The molecule has 0 unspecified atom stereocenters. The number of aliphatic carboxylic acids is 1. The Balaban J connectivity index is 4.21. The van der Waals surface area contributed by atoms with Crippen molar-refractivity contribution >= 4 is 11.9 Å². The summed E-state index contributed by atoms with van der Waals surface area (Å²) in [6, 6.07) is 0. The number of rotatable bonds is 9. The van der Waals surface area contributed by atoms with Crippen molar-refractivity contribution in [1.29, 1.82) is 0 Å². The third kappa shape index (κ3) is 5.62. The molecule has 19 heavy (non-hydrogen) atoms. The van der Waals surface area contributed by atoms with Crippen LogP contribution in [0.2, 0.25) is 0 Å². The Morgan fingerprint density at radius 1 is 1.00 bits per heavy atom. The molecule has 4 heteroatoms. The quantitative estimate of drug-likeness (QED) is 0.632. The first-order valence-electron chi connectivity index (χ1n) is 7.19. The number of carbonyl (C=O) groups excluding carboxylic acids is 1. The molecule has 0 aliphatic rings. The largest absolute Gasteiger partial charge is 0.481 e. The van der Waals surface area contributed by atoms with E-state index in [0.717, 1.165) is 19.3 Å². The Labute approximate surface area is 117 Å². The monoisotopic (exact) mass is 271 g/mol.